The monoisotopic (exact) mass is 315 g/mol. The summed E-state index contributed by atoms with van der Waals surface area (Å²) in [6.45, 7) is 5.42. The minimum atomic E-state index is -1.19. The summed E-state index contributed by atoms with van der Waals surface area (Å²) in [7, 11) is 1.49. The molecule has 21 heavy (non-hydrogen) atoms. The SMILES string of the molecule is CCC(OCOC)(c1ccccc1Cl)N(C(=O)O)C(C)C. The topological polar surface area (TPSA) is 59.0 Å². The third-order valence-electron chi connectivity index (χ3n) is 3.30. The average Bonchev–Trinajstić information content (AvgIpc) is 2.43. The Bertz CT molecular complexity index is 480. The van der Waals surface area contributed by atoms with Gasteiger partial charge >= 0.3 is 6.09 Å². The van der Waals surface area contributed by atoms with Gasteiger partial charge in [-0.2, -0.15) is 0 Å². The summed E-state index contributed by atoms with van der Waals surface area (Å²) >= 11 is 6.28. The van der Waals surface area contributed by atoms with E-state index in [0.717, 1.165) is 0 Å². The molecule has 0 fully saturated rings. The molecule has 0 aliphatic heterocycles. The number of rotatable bonds is 7. The van der Waals surface area contributed by atoms with Crippen molar-refractivity contribution in [2.45, 2.75) is 39.0 Å². The molecule has 1 atom stereocenters. The number of carboxylic acid groups (broad SMARTS) is 1. The van der Waals surface area contributed by atoms with E-state index in [9.17, 15) is 9.90 Å². The number of amides is 1. The van der Waals surface area contributed by atoms with E-state index in [4.69, 9.17) is 21.1 Å². The summed E-state index contributed by atoms with van der Waals surface area (Å²) in [4.78, 5) is 13.0. The second-order valence-electron chi connectivity index (χ2n) is 4.91. The van der Waals surface area contributed by atoms with Crippen LogP contribution in [0, 0.1) is 0 Å². The number of ether oxygens (including phenoxy) is 2. The van der Waals surface area contributed by atoms with Gasteiger partial charge in [0.25, 0.3) is 0 Å². The number of benzene rings is 1. The molecule has 1 aromatic carbocycles. The van der Waals surface area contributed by atoms with Gasteiger partial charge in [-0.25, -0.2) is 4.79 Å². The van der Waals surface area contributed by atoms with Gasteiger partial charge < -0.3 is 14.6 Å². The molecule has 0 aliphatic carbocycles. The fourth-order valence-electron chi connectivity index (χ4n) is 2.47. The molecule has 6 heteroatoms. The van der Waals surface area contributed by atoms with E-state index in [0.29, 0.717) is 17.0 Å². The first kappa shape index (κ1) is 17.8. The molecule has 1 unspecified atom stereocenters. The fourth-order valence-corrected chi connectivity index (χ4v) is 2.75. The van der Waals surface area contributed by atoms with Crippen LogP contribution in [0.2, 0.25) is 5.02 Å². The molecule has 118 valence electrons. The van der Waals surface area contributed by atoms with Gasteiger partial charge in [0.15, 0.2) is 5.72 Å². The lowest BCUT2D eigenvalue weighted by Gasteiger charge is -2.44. The van der Waals surface area contributed by atoms with Gasteiger partial charge in [0.05, 0.1) is 0 Å². The van der Waals surface area contributed by atoms with Crippen molar-refractivity contribution in [1.29, 1.82) is 0 Å². The van der Waals surface area contributed by atoms with Crippen molar-refractivity contribution in [2.75, 3.05) is 13.9 Å². The van der Waals surface area contributed by atoms with E-state index in [1.165, 1.54) is 12.0 Å². The molecule has 5 nitrogen and oxygen atoms in total. The highest BCUT2D eigenvalue weighted by atomic mass is 35.5. The van der Waals surface area contributed by atoms with Crippen molar-refractivity contribution in [2.24, 2.45) is 0 Å². The Labute approximate surface area is 130 Å². The zero-order chi connectivity index (χ0) is 16.0. The van der Waals surface area contributed by atoms with Crippen LogP contribution in [0.5, 0.6) is 0 Å². The zero-order valence-corrected chi connectivity index (χ0v) is 13.6. The third kappa shape index (κ3) is 3.67. The number of hydrogen-bond donors (Lipinski definition) is 1. The van der Waals surface area contributed by atoms with Crippen LogP contribution in [-0.2, 0) is 15.2 Å². The van der Waals surface area contributed by atoms with E-state index < -0.39 is 11.8 Å². The normalized spacial score (nSPS) is 14.0. The molecular formula is C15H22ClNO4. The maximum absolute atomic E-state index is 11.8. The lowest BCUT2D eigenvalue weighted by Crippen LogP contribution is -2.54. The zero-order valence-electron chi connectivity index (χ0n) is 12.8. The van der Waals surface area contributed by atoms with Gasteiger partial charge in [0, 0.05) is 23.7 Å². The summed E-state index contributed by atoms with van der Waals surface area (Å²) in [5.41, 5.74) is -0.573. The molecule has 0 heterocycles. The minimum absolute atomic E-state index is 0.0322. The van der Waals surface area contributed by atoms with E-state index >= 15 is 0 Å². The van der Waals surface area contributed by atoms with Crippen molar-refractivity contribution < 1.29 is 19.4 Å². The van der Waals surface area contributed by atoms with Gasteiger partial charge in [0.1, 0.15) is 6.79 Å². The van der Waals surface area contributed by atoms with E-state index in [-0.39, 0.29) is 12.8 Å². The van der Waals surface area contributed by atoms with Gasteiger partial charge in [-0.3, -0.25) is 4.90 Å². The van der Waals surface area contributed by atoms with Crippen molar-refractivity contribution >= 4 is 17.7 Å². The molecule has 0 saturated heterocycles. The molecule has 1 N–H and O–H groups in total. The van der Waals surface area contributed by atoms with Crippen LogP contribution in [0.15, 0.2) is 24.3 Å². The Hall–Kier alpha value is -1.30. The van der Waals surface area contributed by atoms with Crippen LogP contribution in [0.4, 0.5) is 4.79 Å². The molecular weight excluding hydrogens is 294 g/mol. The van der Waals surface area contributed by atoms with Crippen molar-refractivity contribution in [3.05, 3.63) is 34.9 Å². The third-order valence-corrected chi connectivity index (χ3v) is 3.63. The summed E-state index contributed by atoms with van der Waals surface area (Å²) in [6, 6.07) is 6.82. The number of hydrogen-bond acceptors (Lipinski definition) is 3. The highest BCUT2D eigenvalue weighted by Crippen LogP contribution is 2.39. The number of nitrogens with zero attached hydrogens (tertiary/aromatic N) is 1. The van der Waals surface area contributed by atoms with E-state index in [1.807, 2.05) is 13.0 Å². The summed E-state index contributed by atoms with van der Waals surface area (Å²) in [5.74, 6) is 0. The molecule has 0 aromatic heterocycles. The van der Waals surface area contributed by atoms with Crippen molar-refractivity contribution in [1.82, 2.24) is 4.90 Å². The minimum Gasteiger partial charge on any atom is -0.465 e. The standard InChI is InChI=1S/C15H22ClNO4/c1-5-15(21-10-20-4,17(11(2)3)14(18)19)12-8-6-7-9-13(12)16/h6-9,11H,5,10H2,1-4H3,(H,18,19). The Balaban J connectivity index is 3.46. The first-order valence-electron chi connectivity index (χ1n) is 6.80. The molecule has 1 rings (SSSR count). The van der Waals surface area contributed by atoms with Crippen molar-refractivity contribution in [3.8, 4) is 0 Å². The van der Waals surface area contributed by atoms with Crippen LogP contribution in [-0.4, -0.2) is 36.0 Å². The van der Waals surface area contributed by atoms with Crippen LogP contribution in [0.1, 0.15) is 32.8 Å². The molecule has 0 bridgehead atoms. The molecule has 1 aromatic rings. The Morgan fingerprint density at radius 1 is 1.43 bits per heavy atom. The Morgan fingerprint density at radius 3 is 2.48 bits per heavy atom. The van der Waals surface area contributed by atoms with Crippen molar-refractivity contribution in [3.63, 3.8) is 0 Å². The largest absolute Gasteiger partial charge is 0.465 e. The van der Waals surface area contributed by atoms with Gasteiger partial charge in [-0.15, -0.1) is 0 Å². The summed E-state index contributed by atoms with van der Waals surface area (Å²) < 4.78 is 10.8. The second kappa shape index (κ2) is 7.64. The highest BCUT2D eigenvalue weighted by molar-refractivity contribution is 6.31. The molecule has 1 amide bonds. The maximum atomic E-state index is 11.8. The number of methoxy groups -OCH3 is 1. The Morgan fingerprint density at radius 2 is 2.05 bits per heavy atom. The smallest absolute Gasteiger partial charge is 0.410 e. The van der Waals surface area contributed by atoms with Crippen LogP contribution in [0.25, 0.3) is 0 Å². The number of halogens is 1. The van der Waals surface area contributed by atoms with Gasteiger partial charge in [-0.1, -0.05) is 36.7 Å². The van der Waals surface area contributed by atoms with E-state index in [2.05, 4.69) is 0 Å². The first-order chi connectivity index (χ1) is 9.90. The lowest BCUT2D eigenvalue weighted by molar-refractivity contribution is -0.209. The van der Waals surface area contributed by atoms with Crippen LogP contribution < -0.4 is 0 Å². The highest BCUT2D eigenvalue weighted by Gasteiger charge is 2.44. The molecule has 0 aliphatic rings. The molecule has 0 spiro atoms. The predicted octanol–water partition coefficient (Wildman–Crippen LogP) is 3.91. The molecule has 0 radical (unpaired) electrons. The number of carbonyl (C=O) groups is 1. The summed E-state index contributed by atoms with van der Waals surface area (Å²) in [5, 5.41) is 10.1. The Kier molecular flexibility index (Phi) is 6.45. The van der Waals surface area contributed by atoms with Gasteiger partial charge in [0.2, 0.25) is 0 Å². The predicted molar refractivity (Wildman–Crippen MR) is 81.4 cm³/mol. The molecule has 0 saturated carbocycles. The fraction of sp³-hybridized carbons (Fsp3) is 0.533. The van der Waals surface area contributed by atoms with Crippen LogP contribution in [0.3, 0.4) is 0 Å². The van der Waals surface area contributed by atoms with E-state index in [1.54, 1.807) is 32.0 Å². The lowest BCUT2D eigenvalue weighted by atomic mass is 9.96. The first-order valence-corrected chi connectivity index (χ1v) is 7.18. The second-order valence-corrected chi connectivity index (χ2v) is 5.32. The average molecular weight is 316 g/mol. The quantitative estimate of drug-likeness (QED) is 0.775. The maximum Gasteiger partial charge on any atom is 0.410 e. The summed E-state index contributed by atoms with van der Waals surface area (Å²) in [6.07, 6.45) is -0.659. The van der Waals surface area contributed by atoms with Crippen LogP contribution >= 0.6 is 11.6 Å². The van der Waals surface area contributed by atoms with Gasteiger partial charge in [-0.05, 0) is 26.3 Å².